The van der Waals surface area contributed by atoms with Crippen LogP contribution in [0.25, 0.3) is 5.76 Å². The minimum absolute atomic E-state index is 0.357. The molecule has 3 nitrogen and oxygen atoms in total. The highest BCUT2D eigenvalue weighted by Crippen LogP contribution is 2.17. The molecule has 0 saturated carbocycles. The highest BCUT2D eigenvalue weighted by molar-refractivity contribution is 5.97. The van der Waals surface area contributed by atoms with Crippen LogP contribution in [0.15, 0.2) is 60.2 Å². The molecule has 0 aliphatic carbocycles. The Hall–Kier alpha value is -2.55. The second-order valence-electron chi connectivity index (χ2n) is 4.69. The van der Waals surface area contributed by atoms with Crippen molar-refractivity contribution in [3.05, 3.63) is 77.4 Å². The number of benzene rings is 2. The van der Waals surface area contributed by atoms with E-state index in [0.717, 1.165) is 11.1 Å². The topological polar surface area (TPSA) is 47.6 Å². The molecule has 0 saturated heterocycles. The molecule has 3 heteroatoms. The van der Waals surface area contributed by atoms with Gasteiger partial charge in [-0.2, -0.15) is 0 Å². The van der Waals surface area contributed by atoms with E-state index in [9.17, 15) is 0 Å². The van der Waals surface area contributed by atoms with E-state index in [-0.39, 0.29) is 0 Å². The lowest BCUT2D eigenvalue weighted by Gasteiger charge is -2.11. The van der Waals surface area contributed by atoms with Crippen molar-refractivity contribution < 1.29 is 4.74 Å². The molecule has 102 valence electrons. The van der Waals surface area contributed by atoms with Gasteiger partial charge < -0.3 is 10.6 Å². The Bertz CT molecular complexity index is 625. The van der Waals surface area contributed by atoms with Gasteiger partial charge in [-0.3, -0.25) is 0 Å². The van der Waals surface area contributed by atoms with Gasteiger partial charge >= 0.3 is 0 Å². The molecule has 2 aromatic rings. The average molecular weight is 266 g/mol. The largest absolute Gasteiger partial charge is 0.437 e. The third kappa shape index (κ3) is 3.26. The first-order valence-electron chi connectivity index (χ1n) is 6.39. The average Bonchev–Trinajstić information content (AvgIpc) is 2.46. The maximum absolute atomic E-state index is 5.68. The molecule has 0 spiro atoms. The zero-order chi connectivity index (χ0) is 14.5. The summed E-state index contributed by atoms with van der Waals surface area (Å²) >= 11 is 0. The van der Waals surface area contributed by atoms with Gasteiger partial charge in [-0.05, 0) is 26.0 Å². The fourth-order valence-electron chi connectivity index (χ4n) is 1.77. The van der Waals surface area contributed by atoms with Crippen LogP contribution in [-0.2, 0) is 4.74 Å². The van der Waals surface area contributed by atoms with Gasteiger partial charge in [0, 0.05) is 11.1 Å². The molecule has 0 atom stereocenters. The Morgan fingerprint density at radius 3 is 1.80 bits per heavy atom. The summed E-state index contributed by atoms with van der Waals surface area (Å²) < 4.78 is 5.68. The number of rotatable bonds is 3. The van der Waals surface area contributed by atoms with Crippen molar-refractivity contribution in [2.24, 2.45) is 10.9 Å². The molecule has 0 radical (unpaired) electrons. The summed E-state index contributed by atoms with van der Waals surface area (Å²) in [7, 11) is 0. The van der Waals surface area contributed by atoms with E-state index in [4.69, 9.17) is 10.6 Å². The van der Waals surface area contributed by atoms with E-state index < -0.39 is 0 Å². The van der Waals surface area contributed by atoms with Gasteiger partial charge in [0.2, 0.25) is 5.90 Å². The van der Waals surface area contributed by atoms with Gasteiger partial charge in [0.25, 0.3) is 0 Å². The molecule has 0 aliphatic rings. The first-order valence-corrected chi connectivity index (χ1v) is 6.39. The van der Waals surface area contributed by atoms with Crippen LogP contribution in [0.1, 0.15) is 22.3 Å². The molecule has 0 aliphatic heterocycles. The van der Waals surface area contributed by atoms with E-state index in [0.29, 0.717) is 11.7 Å². The SMILES string of the molecule is C=C(O/C(=N\N)c1ccc(C)cc1)c1ccc(C)cc1. The van der Waals surface area contributed by atoms with Crippen molar-refractivity contribution in [3.8, 4) is 0 Å². The maximum atomic E-state index is 5.68. The van der Waals surface area contributed by atoms with E-state index in [1.165, 1.54) is 11.1 Å². The number of hydrazone groups is 1. The minimum atomic E-state index is 0.357. The first-order chi connectivity index (χ1) is 9.60. The molecule has 0 amide bonds. The lowest BCUT2D eigenvalue weighted by Crippen LogP contribution is -2.08. The predicted octanol–water partition coefficient (Wildman–Crippen LogP) is 3.61. The zero-order valence-electron chi connectivity index (χ0n) is 11.8. The molecule has 2 rings (SSSR count). The van der Waals surface area contributed by atoms with Crippen molar-refractivity contribution >= 4 is 11.7 Å². The second-order valence-corrected chi connectivity index (χ2v) is 4.69. The number of hydrogen-bond donors (Lipinski definition) is 1. The highest BCUT2D eigenvalue weighted by Gasteiger charge is 2.08. The summed E-state index contributed by atoms with van der Waals surface area (Å²) in [5.74, 6) is 6.30. The summed E-state index contributed by atoms with van der Waals surface area (Å²) in [5, 5.41) is 3.70. The summed E-state index contributed by atoms with van der Waals surface area (Å²) in [4.78, 5) is 0. The summed E-state index contributed by atoms with van der Waals surface area (Å²) in [6.07, 6.45) is 0. The van der Waals surface area contributed by atoms with Gasteiger partial charge in [-0.25, -0.2) is 0 Å². The second kappa shape index (κ2) is 6.06. The van der Waals surface area contributed by atoms with Crippen LogP contribution in [0.2, 0.25) is 0 Å². The lowest BCUT2D eigenvalue weighted by molar-refractivity contribution is 0.508. The number of hydrogen-bond acceptors (Lipinski definition) is 3. The first kappa shape index (κ1) is 13.9. The minimum Gasteiger partial charge on any atom is -0.437 e. The molecule has 0 bridgehead atoms. The van der Waals surface area contributed by atoms with Gasteiger partial charge in [0.05, 0.1) is 0 Å². The molecule has 0 aromatic heterocycles. The number of nitrogens with zero attached hydrogens (tertiary/aromatic N) is 1. The van der Waals surface area contributed by atoms with Gasteiger partial charge in [0.15, 0.2) is 0 Å². The quantitative estimate of drug-likeness (QED) is 0.303. The monoisotopic (exact) mass is 266 g/mol. The third-order valence-electron chi connectivity index (χ3n) is 3.01. The third-order valence-corrected chi connectivity index (χ3v) is 3.01. The van der Waals surface area contributed by atoms with Crippen molar-refractivity contribution in [2.45, 2.75) is 13.8 Å². The van der Waals surface area contributed by atoms with Crippen LogP contribution in [0.5, 0.6) is 0 Å². The Labute approximate surface area is 119 Å². The standard InChI is InChI=1S/C17H18N2O/c1-12-4-8-15(9-5-12)14(3)20-17(19-18)16-10-6-13(2)7-11-16/h4-11H,3,18H2,1-2H3/b19-17-. The molecule has 2 aromatic carbocycles. The summed E-state index contributed by atoms with van der Waals surface area (Å²) in [6, 6.07) is 15.7. The highest BCUT2D eigenvalue weighted by atomic mass is 16.5. The molecule has 20 heavy (non-hydrogen) atoms. The number of nitrogens with two attached hydrogens (primary N) is 1. The Balaban J connectivity index is 2.16. The molecule has 0 unspecified atom stereocenters. The Kier molecular flexibility index (Phi) is 4.20. The van der Waals surface area contributed by atoms with Crippen molar-refractivity contribution in [2.75, 3.05) is 0 Å². The molecular formula is C17H18N2O. The van der Waals surface area contributed by atoms with Crippen LogP contribution in [0.4, 0.5) is 0 Å². The van der Waals surface area contributed by atoms with E-state index in [1.807, 2.05) is 62.4 Å². The van der Waals surface area contributed by atoms with Crippen LogP contribution in [0.3, 0.4) is 0 Å². The fraction of sp³-hybridized carbons (Fsp3) is 0.118. The molecule has 0 heterocycles. The van der Waals surface area contributed by atoms with Gasteiger partial charge in [0.1, 0.15) is 5.76 Å². The lowest BCUT2D eigenvalue weighted by atomic mass is 10.1. The van der Waals surface area contributed by atoms with Gasteiger partial charge in [-0.1, -0.05) is 54.1 Å². The normalized spacial score (nSPS) is 11.2. The van der Waals surface area contributed by atoms with Crippen LogP contribution < -0.4 is 5.84 Å². The Morgan fingerprint density at radius 1 is 0.900 bits per heavy atom. The van der Waals surface area contributed by atoms with E-state index in [2.05, 4.69) is 11.7 Å². The molecule has 0 fully saturated rings. The fourth-order valence-corrected chi connectivity index (χ4v) is 1.77. The van der Waals surface area contributed by atoms with E-state index in [1.54, 1.807) is 0 Å². The summed E-state index contributed by atoms with van der Waals surface area (Å²) in [6.45, 7) is 7.98. The Morgan fingerprint density at radius 2 is 1.35 bits per heavy atom. The molecule has 2 N–H and O–H groups in total. The van der Waals surface area contributed by atoms with Crippen LogP contribution in [-0.4, -0.2) is 5.90 Å². The van der Waals surface area contributed by atoms with Crippen LogP contribution in [0, 0.1) is 13.8 Å². The van der Waals surface area contributed by atoms with E-state index >= 15 is 0 Å². The van der Waals surface area contributed by atoms with Gasteiger partial charge in [-0.15, -0.1) is 5.10 Å². The summed E-state index contributed by atoms with van der Waals surface area (Å²) in [5.41, 5.74) is 4.09. The predicted molar refractivity (Wildman–Crippen MR) is 83.2 cm³/mol. The number of ether oxygens (including phenoxy) is 1. The molecular weight excluding hydrogens is 248 g/mol. The van der Waals surface area contributed by atoms with Crippen molar-refractivity contribution in [3.63, 3.8) is 0 Å². The zero-order valence-corrected chi connectivity index (χ0v) is 11.8. The number of aryl methyl sites for hydroxylation is 2. The van der Waals surface area contributed by atoms with Crippen molar-refractivity contribution in [1.29, 1.82) is 0 Å². The maximum Gasteiger partial charge on any atom is 0.243 e. The smallest absolute Gasteiger partial charge is 0.243 e. The van der Waals surface area contributed by atoms with Crippen molar-refractivity contribution in [1.82, 2.24) is 0 Å². The van der Waals surface area contributed by atoms with Crippen LogP contribution >= 0.6 is 0 Å².